The molecule has 1 atom stereocenters. The fourth-order valence-corrected chi connectivity index (χ4v) is 4.64. The molecule has 1 unspecified atom stereocenters. The van der Waals surface area contributed by atoms with Crippen molar-refractivity contribution in [1.29, 1.82) is 0 Å². The molecule has 2 saturated heterocycles. The number of amides is 2. The second-order valence-electron chi connectivity index (χ2n) is 8.42. The number of nitrogens with zero attached hydrogens (tertiary/aromatic N) is 3. The van der Waals surface area contributed by atoms with Gasteiger partial charge in [-0.15, -0.1) is 0 Å². The lowest BCUT2D eigenvalue weighted by Crippen LogP contribution is -2.63. The SMILES string of the molecule is Cc1occc1C(=O)N1CC2(CN(C(=O)c3ccccc3)CC2CN(C)C)C1. The first-order chi connectivity index (χ1) is 13.4. The Labute approximate surface area is 165 Å². The van der Waals surface area contributed by atoms with E-state index in [1.807, 2.05) is 47.1 Å². The largest absolute Gasteiger partial charge is 0.469 e. The standard InChI is InChI=1S/C22H27N3O3/c1-16-19(9-10-28-16)21(27)25-14-22(15-25)13-24(12-18(22)11-23(2)3)20(26)17-7-5-4-6-8-17/h4-10,18H,11-15H2,1-3H3. The summed E-state index contributed by atoms with van der Waals surface area (Å²) in [6.07, 6.45) is 1.56. The molecular weight excluding hydrogens is 354 g/mol. The molecule has 6 heteroatoms. The molecule has 1 aromatic heterocycles. The number of carbonyl (C=O) groups is 2. The van der Waals surface area contributed by atoms with Gasteiger partial charge in [-0.05, 0) is 45.1 Å². The van der Waals surface area contributed by atoms with E-state index in [0.717, 1.165) is 18.7 Å². The molecule has 0 bridgehead atoms. The third kappa shape index (κ3) is 3.22. The highest BCUT2D eigenvalue weighted by atomic mass is 16.3. The van der Waals surface area contributed by atoms with Crippen molar-refractivity contribution in [2.24, 2.45) is 11.3 Å². The van der Waals surface area contributed by atoms with Gasteiger partial charge in [-0.1, -0.05) is 18.2 Å². The number of rotatable bonds is 4. The zero-order valence-electron chi connectivity index (χ0n) is 16.7. The van der Waals surface area contributed by atoms with Crippen LogP contribution in [0.25, 0.3) is 0 Å². The summed E-state index contributed by atoms with van der Waals surface area (Å²) in [7, 11) is 4.12. The summed E-state index contributed by atoms with van der Waals surface area (Å²) >= 11 is 0. The van der Waals surface area contributed by atoms with Crippen LogP contribution < -0.4 is 0 Å². The summed E-state index contributed by atoms with van der Waals surface area (Å²) in [6.45, 7) is 5.53. The van der Waals surface area contributed by atoms with Crippen molar-refractivity contribution in [3.8, 4) is 0 Å². The van der Waals surface area contributed by atoms with Gasteiger partial charge < -0.3 is 19.1 Å². The fourth-order valence-electron chi connectivity index (χ4n) is 4.64. The lowest BCUT2D eigenvalue weighted by atomic mass is 9.71. The van der Waals surface area contributed by atoms with E-state index in [2.05, 4.69) is 19.0 Å². The maximum atomic E-state index is 13.0. The smallest absolute Gasteiger partial charge is 0.257 e. The van der Waals surface area contributed by atoms with Gasteiger partial charge in [0.05, 0.1) is 11.8 Å². The van der Waals surface area contributed by atoms with Gasteiger partial charge in [-0.2, -0.15) is 0 Å². The first kappa shape index (κ1) is 18.7. The second-order valence-corrected chi connectivity index (χ2v) is 8.42. The van der Waals surface area contributed by atoms with Crippen LogP contribution in [-0.4, -0.2) is 73.3 Å². The zero-order valence-corrected chi connectivity index (χ0v) is 16.7. The van der Waals surface area contributed by atoms with Crippen molar-refractivity contribution in [2.75, 3.05) is 46.8 Å². The molecule has 2 aromatic rings. The molecule has 6 nitrogen and oxygen atoms in total. The molecule has 28 heavy (non-hydrogen) atoms. The number of likely N-dealkylation sites (tertiary alicyclic amines) is 2. The maximum Gasteiger partial charge on any atom is 0.257 e. The van der Waals surface area contributed by atoms with Crippen LogP contribution in [0.3, 0.4) is 0 Å². The molecule has 0 aliphatic carbocycles. The topological polar surface area (TPSA) is 57.0 Å². The Morgan fingerprint density at radius 2 is 1.75 bits per heavy atom. The van der Waals surface area contributed by atoms with Gasteiger partial charge in [0.2, 0.25) is 0 Å². The molecule has 2 amide bonds. The monoisotopic (exact) mass is 381 g/mol. The number of aryl methyl sites for hydroxylation is 1. The summed E-state index contributed by atoms with van der Waals surface area (Å²) < 4.78 is 5.29. The van der Waals surface area contributed by atoms with Gasteiger partial charge in [0.25, 0.3) is 11.8 Å². The van der Waals surface area contributed by atoms with Crippen LogP contribution in [-0.2, 0) is 0 Å². The molecule has 2 aliphatic heterocycles. The molecular formula is C22H27N3O3. The zero-order chi connectivity index (χ0) is 19.9. The van der Waals surface area contributed by atoms with E-state index >= 15 is 0 Å². The lowest BCUT2D eigenvalue weighted by Gasteiger charge is -2.51. The molecule has 1 aromatic carbocycles. The Hall–Kier alpha value is -2.60. The summed E-state index contributed by atoms with van der Waals surface area (Å²) in [5.74, 6) is 1.11. The number of hydrogen-bond acceptors (Lipinski definition) is 4. The van der Waals surface area contributed by atoms with Crippen LogP contribution in [0, 0.1) is 18.3 Å². The number of furan rings is 1. The molecule has 2 fully saturated rings. The lowest BCUT2D eigenvalue weighted by molar-refractivity contribution is -0.0148. The molecule has 1 spiro atoms. The Balaban J connectivity index is 1.50. The van der Waals surface area contributed by atoms with E-state index in [0.29, 0.717) is 36.9 Å². The predicted molar refractivity (Wildman–Crippen MR) is 106 cm³/mol. The molecule has 2 aliphatic rings. The third-order valence-corrected chi connectivity index (χ3v) is 6.09. The van der Waals surface area contributed by atoms with E-state index < -0.39 is 0 Å². The van der Waals surface area contributed by atoms with Crippen LogP contribution in [0.15, 0.2) is 47.1 Å². The van der Waals surface area contributed by atoms with E-state index in [1.165, 1.54) is 0 Å². The van der Waals surface area contributed by atoms with E-state index in [-0.39, 0.29) is 17.2 Å². The van der Waals surface area contributed by atoms with Crippen LogP contribution in [0.2, 0.25) is 0 Å². The van der Waals surface area contributed by atoms with Gasteiger partial charge in [0, 0.05) is 43.7 Å². The van der Waals surface area contributed by atoms with Crippen molar-refractivity contribution in [2.45, 2.75) is 6.92 Å². The number of hydrogen-bond donors (Lipinski definition) is 0. The average molecular weight is 381 g/mol. The fraction of sp³-hybridized carbons (Fsp3) is 0.455. The minimum Gasteiger partial charge on any atom is -0.469 e. The van der Waals surface area contributed by atoms with Crippen molar-refractivity contribution < 1.29 is 14.0 Å². The summed E-state index contributed by atoms with van der Waals surface area (Å²) in [5, 5.41) is 0. The molecule has 0 N–H and O–H groups in total. The van der Waals surface area contributed by atoms with Crippen LogP contribution in [0.5, 0.6) is 0 Å². The molecule has 0 saturated carbocycles. The Morgan fingerprint density at radius 1 is 1.07 bits per heavy atom. The average Bonchev–Trinajstić information content (AvgIpc) is 3.23. The van der Waals surface area contributed by atoms with E-state index in [4.69, 9.17) is 4.42 Å². The van der Waals surface area contributed by atoms with Gasteiger partial charge in [-0.25, -0.2) is 0 Å². The van der Waals surface area contributed by atoms with Crippen LogP contribution >= 0.6 is 0 Å². The summed E-state index contributed by atoms with van der Waals surface area (Å²) in [4.78, 5) is 31.8. The third-order valence-electron chi connectivity index (χ3n) is 6.09. The van der Waals surface area contributed by atoms with Crippen molar-refractivity contribution in [1.82, 2.24) is 14.7 Å². The van der Waals surface area contributed by atoms with Gasteiger partial charge in [0.1, 0.15) is 5.76 Å². The van der Waals surface area contributed by atoms with Gasteiger partial charge >= 0.3 is 0 Å². The highest BCUT2D eigenvalue weighted by molar-refractivity contribution is 5.96. The quantitative estimate of drug-likeness (QED) is 0.816. The van der Waals surface area contributed by atoms with Gasteiger partial charge in [-0.3, -0.25) is 9.59 Å². The minimum atomic E-state index is -0.0258. The van der Waals surface area contributed by atoms with Crippen molar-refractivity contribution in [3.63, 3.8) is 0 Å². The van der Waals surface area contributed by atoms with E-state index in [9.17, 15) is 9.59 Å². The first-order valence-corrected chi connectivity index (χ1v) is 9.72. The Kier molecular flexibility index (Phi) is 4.75. The first-order valence-electron chi connectivity index (χ1n) is 9.72. The Bertz CT molecular complexity index is 868. The van der Waals surface area contributed by atoms with E-state index in [1.54, 1.807) is 12.3 Å². The van der Waals surface area contributed by atoms with Crippen LogP contribution in [0.4, 0.5) is 0 Å². The van der Waals surface area contributed by atoms with Crippen LogP contribution in [0.1, 0.15) is 26.5 Å². The molecule has 0 radical (unpaired) electrons. The van der Waals surface area contributed by atoms with Gasteiger partial charge in [0.15, 0.2) is 0 Å². The summed E-state index contributed by atoms with van der Waals surface area (Å²) in [6, 6.07) is 11.2. The maximum absolute atomic E-state index is 13.0. The number of benzene rings is 1. The molecule has 148 valence electrons. The van der Waals surface area contributed by atoms with Crippen molar-refractivity contribution >= 4 is 11.8 Å². The normalized spacial score (nSPS) is 20.6. The Morgan fingerprint density at radius 3 is 2.36 bits per heavy atom. The summed E-state index contributed by atoms with van der Waals surface area (Å²) in [5.41, 5.74) is 1.33. The predicted octanol–water partition coefficient (Wildman–Crippen LogP) is 2.36. The minimum absolute atomic E-state index is 0.0216. The van der Waals surface area contributed by atoms with Crippen molar-refractivity contribution in [3.05, 3.63) is 59.5 Å². The molecule has 4 rings (SSSR count). The highest BCUT2D eigenvalue weighted by Crippen LogP contribution is 2.45. The highest BCUT2D eigenvalue weighted by Gasteiger charge is 2.56. The number of carbonyl (C=O) groups excluding carboxylic acids is 2. The molecule has 3 heterocycles. The second kappa shape index (κ2) is 7.09.